The van der Waals surface area contributed by atoms with E-state index in [1.165, 1.54) is 119 Å². The quantitative estimate of drug-likeness (QED) is 0.0531. The summed E-state index contributed by atoms with van der Waals surface area (Å²) in [5, 5.41) is 0. The number of carbonyl (C=O) groups is 1. The lowest BCUT2D eigenvalue weighted by atomic mass is 10.0. The monoisotopic (exact) mass is 571 g/mol. The van der Waals surface area contributed by atoms with Gasteiger partial charge < -0.3 is 4.74 Å². The van der Waals surface area contributed by atoms with E-state index in [9.17, 15) is 4.79 Å². The van der Waals surface area contributed by atoms with Crippen molar-refractivity contribution in [3.63, 3.8) is 0 Å². The van der Waals surface area contributed by atoms with Crippen LogP contribution in [0.2, 0.25) is 0 Å². The molecule has 0 saturated heterocycles. The molecule has 0 fully saturated rings. The molecule has 0 atom stereocenters. The highest BCUT2D eigenvalue weighted by atomic mass is 16.5. The van der Waals surface area contributed by atoms with E-state index in [0.29, 0.717) is 13.0 Å². The fourth-order valence-corrected chi connectivity index (χ4v) is 5.15. The zero-order chi connectivity index (χ0) is 30.4. The Morgan fingerprint density at radius 1 is 0.463 bits per heavy atom. The molecule has 0 N–H and O–H groups in total. The molecule has 41 heavy (non-hydrogen) atoms. The van der Waals surface area contributed by atoms with Crippen LogP contribution in [0.1, 0.15) is 189 Å². The Bertz CT molecular complexity index is 733. The third kappa shape index (κ3) is 31.2. The van der Waals surface area contributed by atoms with E-state index in [2.05, 4.69) is 65.8 Å². The number of hydrogen-bond donors (Lipinski definition) is 0. The number of rotatable bonds is 28. The van der Waals surface area contributed by atoms with E-state index in [-0.39, 0.29) is 5.97 Å². The summed E-state index contributed by atoms with van der Waals surface area (Å²) in [5.41, 5.74) is 5.68. The lowest BCUT2D eigenvalue weighted by Crippen LogP contribution is -2.04. The van der Waals surface area contributed by atoms with Crippen LogP contribution in [0, 0.1) is 0 Å². The normalized spacial score (nSPS) is 12.6. The molecule has 0 heterocycles. The number of carbonyl (C=O) groups excluding carboxylic acids is 1. The molecule has 0 rings (SSSR count). The summed E-state index contributed by atoms with van der Waals surface area (Å²) in [4.78, 5) is 12.0. The molecular formula is C39H70O2. The fraction of sp³-hybridized carbons (Fsp3) is 0.769. The largest absolute Gasteiger partial charge is 0.461 e. The molecule has 0 unspecified atom stereocenters. The van der Waals surface area contributed by atoms with Crippen molar-refractivity contribution in [1.82, 2.24) is 0 Å². The van der Waals surface area contributed by atoms with Crippen LogP contribution in [-0.2, 0) is 9.53 Å². The molecule has 0 radical (unpaired) electrons. The van der Waals surface area contributed by atoms with E-state index in [0.717, 1.165) is 44.9 Å². The second kappa shape index (κ2) is 29.9. The van der Waals surface area contributed by atoms with Gasteiger partial charge >= 0.3 is 5.97 Å². The molecule has 0 spiro atoms. The van der Waals surface area contributed by atoms with Crippen LogP contribution in [0.3, 0.4) is 0 Å². The van der Waals surface area contributed by atoms with Crippen LogP contribution in [0.15, 0.2) is 46.6 Å². The molecule has 0 bridgehead atoms. The van der Waals surface area contributed by atoms with Crippen molar-refractivity contribution in [3.8, 4) is 0 Å². The minimum Gasteiger partial charge on any atom is -0.461 e. The number of ether oxygens (including phenoxy) is 1. The first-order valence-electron chi connectivity index (χ1n) is 17.6. The van der Waals surface area contributed by atoms with Gasteiger partial charge in [-0.3, -0.25) is 4.79 Å². The first kappa shape index (κ1) is 39.4. The van der Waals surface area contributed by atoms with E-state index in [1.807, 2.05) is 0 Å². The highest BCUT2D eigenvalue weighted by molar-refractivity contribution is 5.69. The molecule has 2 nitrogen and oxygen atoms in total. The maximum atomic E-state index is 12.0. The van der Waals surface area contributed by atoms with Gasteiger partial charge in [0.05, 0.1) is 0 Å². The number of unbranched alkanes of at least 4 members (excludes halogenated alkanes) is 15. The second-order valence-electron chi connectivity index (χ2n) is 12.8. The molecular weight excluding hydrogens is 500 g/mol. The number of allylic oxidation sites excluding steroid dienone is 7. The van der Waals surface area contributed by atoms with Crippen LogP contribution in [0.5, 0.6) is 0 Å². The van der Waals surface area contributed by atoms with Crippen LogP contribution < -0.4 is 0 Å². The molecule has 0 aromatic carbocycles. The zero-order valence-electron chi connectivity index (χ0n) is 28.6. The standard InChI is InChI=1S/C39H70O2/c1-7-8-9-10-11-12-13-14-15-16-17-18-19-20-21-22-32-39(40)41-34-33-38(6)31-25-30-37(5)29-24-28-36(4)27-23-26-35(2)3/h26,28,30,33H,7-25,27,29,31-32,34H2,1-6H3. The van der Waals surface area contributed by atoms with Crippen molar-refractivity contribution in [2.75, 3.05) is 6.61 Å². The predicted octanol–water partition coefficient (Wildman–Crippen LogP) is 13.3. The Morgan fingerprint density at radius 3 is 1.24 bits per heavy atom. The van der Waals surface area contributed by atoms with Gasteiger partial charge in [-0.1, -0.05) is 144 Å². The van der Waals surface area contributed by atoms with Crippen LogP contribution in [0.25, 0.3) is 0 Å². The van der Waals surface area contributed by atoms with E-state index in [4.69, 9.17) is 4.74 Å². The van der Waals surface area contributed by atoms with Crippen molar-refractivity contribution in [3.05, 3.63) is 46.6 Å². The fourth-order valence-electron chi connectivity index (χ4n) is 5.15. The zero-order valence-corrected chi connectivity index (χ0v) is 28.6. The Morgan fingerprint density at radius 2 is 0.829 bits per heavy atom. The van der Waals surface area contributed by atoms with Crippen molar-refractivity contribution >= 4 is 5.97 Å². The lowest BCUT2D eigenvalue weighted by Gasteiger charge is -2.05. The summed E-state index contributed by atoms with van der Waals surface area (Å²) in [5.74, 6) is -0.0423. The summed E-state index contributed by atoms with van der Waals surface area (Å²) < 4.78 is 5.44. The van der Waals surface area contributed by atoms with Crippen LogP contribution >= 0.6 is 0 Å². The van der Waals surface area contributed by atoms with Gasteiger partial charge in [-0.2, -0.15) is 0 Å². The van der Waals surface area contributed by atoms with Crippen LogP contribution in [0.4, 0.5) is 0 Å². The van der Waals surface area contributed by atoms with Crippen LogP contribution in [-0.4, -0.2) is 12.6 Å². The van der Waals surface area contributed by atoms with Gasteiger partial charge in [0.2, 0.25) is 0 Å². The maximum Gasteiger partial charge on any atom is 0.306 e. The van der Waals surface area contributed by atoms with Gasteiger partial charge in [0, 0.05) is 6.42 Å². The first-order chi connectivity index (χ1) is 19.8. The summed E-state index contributed by atoms with van der Waals surface area (Å²) in [6, 6.07) is 0. The smallest absolute Gasteiger partial charge is 0.306 e. The number of hydrogen-bond acceptors (Lipinski definition) is 2. The Labute approximate surface area is 257 Å². The van der Waals surface area contributed by atoms with Crippen molar-refractivity contribution in [2.45, 2.75) is 189 Å². The molecule has 0 saturated carbocycles. The molecule has 238 valence electrons. The minimum absolute atomic E-state index is 0.0423. The Hall–Kier alpha value is -1.57. The molecule has 0 aliphatic heterocycles. The number of esters is 1. The average molecular weight is 571 g/mol. The van der Waals surface area contributed by atoms with Gasteiger partial charge in [0.1, 0.15) is 6.61 Å². The summed E-state index contributed by atoms with van der Waals surface area (Å²) >= 11 is 0. The van der Waals surface area contributed by atoms with Crippen molar-refractivity contribution < 1.29 is 9.53 Å². The lowest BCUT2D eigenvalue weighted by molar-refractivity contribution is -0.142. The highest BCUT2D eigenvalue weighted by Gasteiger charge is 2.02. The van der Waals surface area contributed by atoms with Crippen molar-refractivity contribution in [1.29, 1.82) is 0 Å². The average Bonchev–Trinajstić information content (AvgIpc) is 2.92. The molecule has 0 aliphatic carbocycles. The first-order valence-corrected chi connectivity index (χ1v) is 17.6. The van der Waals surface area contributed by atoms with Gasteiger partial charge in [-0.25, -0.2) is 0 Å². The molecule has 0 aromatic heterocycles. The second-order valence-corrected chi connectivity index (χ2v) is 12.8. The van der Waals surface area contributed by atoms with E-state index in [1.54, 1.807) is 0 Å². The van der Waals surface area contributed by atoms with Gasteiger partial charge in [0.15, 0.2) is 0 Å². The summed E-state index contributed by atoms with van der Waals surface area (Å²) in [7, 11) is 0. The third-order valence-corrected chi connectivity index (χ3v) is 8.06. The van der Waals surface area contributed by atoms with Gasteiger partial charge in [0.25, 0.3) is 0 Å². The predicted molar refractivity (Wildman–Crippen MR) is 184 cm³/mol. The van der Waals surface area contributed by atoms with E-state index >= 15 is 0 Å². The Balaban J connectivity index is 3.64. The van der Waals surface area contributed by atoms with E-state index < -0.39 is 0 Å². The van der Waals surface area contributed by atoms with Gasteiger partial charge in [-0.05, 0) is 85.6 Å². The van der Waals surface area contributed by atoms with Crippen molar-refractivity contribution in [2.24, 2.45) is 0 Å². The minimum atomic E-state index is -0.0423. The molecule has 0 aromatic rings. The Kier molecular flexibility index (Phi) is 28.8. The summed E-state index contributed by atoms with van der Waals surface area (Å²) in [6.07, 6.45) is 38.0. The SMILES string of the molecule is CCCCCCCCCCCCCCCCCCC(=O)OCC=C(C)CCC=C(C)CCC=C(C)CCC=C(C)C. The molecule has 0 amide bonds. The topological polar surface area (TPSA) is 26.3 Å². The van der Waals surface area contributed by atoms with Gasteiger partial charge in [-0.15, -0.1) is 0 Å². The summed E-state index contributed by atoms with van der Waals surface area (Å²) in [6.45, 7) is 13.7. The molecule has 0 aliphatic rings. The third-order valence-electron chi connectivity index (χ3n) is 8.06. The molecule has 2 heteroatoms. The highest BCUT2D eigenvalue weighted by Crippen LogP contribution is 2.15. The maximum absolute atomic E-state index is 12.0.